The highest BCUT2D eigenvalue weighted by molar-refractivity contribution is 5.95. The van der Waals surface area contributed by atoms with E-state index in [1.807, 2.05) is 54.6 Å². The van der Waals surface area contributed by atoms with Crippen molar-refractivity contribution in [2.75, 3.05) is 0 Å². The van der Waals surface area contributed by atoms with Crippen molar-refractivity contribution in [1.82, 2.24) is 5.43 Å². The zero-order valence-electron chi connectivity index (χ0n) is 15.7. The lowest BCUT2D eigenvalue weighted by molar-refractivity contribution is -0.385. The average Bonchev–Trinajstić information content (AvgIpc) is 2.73. The number of carbonyl (C=O) groups is 1. The Kier molecular flexibility index (Phi) is 6.32. The van der Waals surface area contributed by atoms with Gasteiger partial charge in [0.2, 0.25) is 0 Å². The van der Waals surface area contributed by atoms with E-state index in [9.17, 15) is 14.9 Å². The molecule has 0 atom stereocenters. The summed E-state index contributed by atoms with van der Waals surface area (Å²) in [5.74, 6) is 0.242. The Bertz CT molecular complexity index is 1050. The first-order valence-electron chi connectivity index (χ1n) is 8.88. The number of rotatable bonds is 7. The number of hydrogen-bond acceptors (Lipinski definition) is 5. The lowest BCUT2D eigenvalue weighted by Gasteiger charge is -2.06. The zero-order valence-corrected chi connectivity index (χ0v) is 15.7. The summed E-state index contributed by atoms with van der Waals surface area (Å²) in [6.07, 6.45) is 1.51. The molecule has 7 heteroatoms. The Labute approximate surface area is 167 Å². The monoisotopic (exact) mass is 389 g/mol. The highest BCUT2D eigenvalue weighted by Crippen LogP contribution is 2.18. The van der Waals surface area contributed by atoms with Gasteiger partial charge in [0.15, 0.2) is 0 Å². The van der Waals surface area contributed by atoms with Gasteiger partial charge in [0.05, 0.1) is 11.1 Å². The molecule has 0 aliphatic rings. The number of hydrazone groups is 1. The van der Waals surface area contributed by atoms with E-state index in [0.29, 0.717) is 23.5 Å². The SMILES string of the molecule is Cc1cc(C(=O)N/N=C/c2cccc(OCc3ccccc3)c2)ccc1[N+](=O)[O-]. The van der Waals surface area contributed by atoms with Crippen LogP contribution in [0.4, 0.5) is 5.69 Å². The third kappa shape index (κ3) is 5.49. The quantitative estimate of drug-likeness (QED) is 0.371. The van der Waals surface area contributed by atoms with Crippen LogP contribution in [-0.4, -0.2) is 17.0 Å². The van der Waals surface area contributed by atoms with Crippen molar-refractivity contribution in [3.8, 4) is 5.75 Å². The molecular weight excluding hydrogens is 370 g/mol. The molecule has 0 aromatic heterocycles. The summed E-state index contributed by atoms with van der Waals surface area (Å²) in [4.78, 5) is 22.5. The van der Waals surface area contributed by atoms with Gasteiger partial charge >= 0.3 is 0 Å². The summed E-state index contributed by atoms with van der Waals surface area (Å²) < 4.78 is 5.77. The predicted octanol–water partition coefficient (Wildman–Crippen LogP) is 4.25. The fourth-order valence-corrected chi connectivity index (χ4v) is 2.66. The van der Waals surface area contributed by atoms with Crippen LogP contribution in [0.2, 0.25) is 0 Å². The summed E-state index contributed by atoms with van der Waals surface area (Å²) in [5.41, 5.74) is 4.93. The van der Waals surface area contributed by atoms with Gasteiger partial charge in [-0.3, -0.25) is 14.9 Å². The smallest absolute Gasteiger partial charge is 0.272 e. The molecule has 0 saturated carbocycles. The Balaban J connectivity index is 1.59. The van der Waals surface area contributed by atoms with Gasteiger partial charge in [0.25, 0.3) is 11.6 Å². The molecule has 146 valence electrons. The first-order valence-corrected chi connectivity index (χ1v) is 8.88. The molecule has 0 fully saturated rings. The van der Waals surface area contributed by atoms with Gasteiger partial charge in [0.1, 0.15) is 12.4 Å². The second kappa shape index (κ2) is 9.27. The lowest BCUT2D eigenvalue weighted by atomic mass is 10.1. The van der Waals surface area contributed by atoms with Crippen molar-refractivity contribution < 1.29 is 14.5 Å². The Hall–Kier alpha value is -4.00. The molecule has 0 aliphatic carbocycles. The van der Waals surface area contributed by atoms with Crippen molar-refractivity contribution in [3.05, 3.63) is 105 Å². The lowest BCUT2D eigenvalue weighted by Crippen LogP contribution is -2.17. The number of carbonyl (C=O) groups excluding carboxylic acids is 1. The minimum atomic E-state index is -0.484. The first kappa shape index (κ1) is 19.8. The van der Waals surface area contributed by atoms with Crippen LogP contribution in [0.1, 0.15) is 27.0 Å². The van der Waals surface area contributed by atoms with Crippen LogP contribution in [-0.2, 0) is 6.61 Å². The maximum Gasteiger partial charge on any atom is 0.272 e. The van der Waals surface area contributed by atoms with E-state index in [1.54, 1.807) is 6.92 Å². The van der Waals surface area contributed by atoms with Crippen molar-refractivity contribution >= 4 is 17.8 Å². The van der Waals surface area contributed by atoms with Gasteiger partial charge in [-0.2, -0.15) is 5.10 Å². The summed E-state index contributed by atoms with van der Waals surface area (Å²) >= 11 is 0. The molecule has 0 saturated heterocycles. The third-order valence-electron chi connectivity index (χ3n) is 4.14. The Morgan fingerprint density at radius 3 is 2.62 bits per heavy atom. The van der Waals surface area contributed by atoms with Gasteiger partial charge in [-0.1, -0.05) is 42.5 Å². The maximum absolute atomic E-state index is 12.2. The van der Waals surface area contributed by atoms with Crippen molar-refractivity contribution in [2.45, 2.75) is 13.5 Å². The maximum atomic E-state index is 12.2. The Morgan fingerprint density at radius 2 is 1.90 bits per heavy atom. The van der Waals surface area contributed by atoms with Gasteiger partial charge < -0.3 is 4.74 Å². The van der Waals surface area contributed by atoms with E-state index in [1.165, 1.54) is 24.4 Å². The molecule has 29 heavy (non-hydrogen) atoms. The van der Waals surface area contributed by atoms with E-state index < -0.39 is 10.8 Å². The standard InChI is InChI=1S/C22H19N3O4/c1-16-12-19(10-11-21(16)25(27)28)22(26)24-23-14-18-8-5-9-20(13-18)29-15-17-6-3-2-4-7-17/h2-14H,15H2,1H3,(H,24,26)/b23-14+. The Morgan fingerprint density at radius 1 is 1.10 bits per heavy atom. The fourth-order valence-electron chi connectivity index (χ4n) is 2.66. The highest BCUT2D eigenvalue weighted by atomic mass is 16.6. The number of nitro benzene ring substituents is 1. The molecule has 1 N–H and O–H groups in total. The minimum absolute atomic E-state index is 0.0302. The molecule has 0 radical (unpaired) electrons. The van der Waals surface area contributed by atoms with Crippen molar-refractivity contribution in [2.24, 2.45) is 5.10 Å². The largest absolute Gasteiger partial charge is 0.489 e. The van der Waals surface area contributed by atoms with Gasteiger partial charge in [-0.25, -0.2) is 5.43 Å². The second-order valence-electron chi connectivity index (χ2n) is 6.30. The van der Waals surface area contributed by atoms with E-state index >= 15 is 0 Å². The molecule has 3 aromatic carbocycles. The number of benzene rings is 3. The van der Waals surface area contributed by atoms with Crippen LogP contribution in [0.3, 0.4) is 0 Å². The summed E-state index contributed by atoms with van der Waals surface area (Å²) in [6.45, 7) is 2.04. The number of nitrogens with zero attached hydrogens (tertiary/aromatic N) is 2. The molecule has 0 unspecified atom stereocenters. The van der Waals surface area contributed by atoms with Gasteiger partial charge in [-0.05, 0) is 42.3 Å². The van der Waals surface area contributed by atoms with Crippen LogP contribution in [0.5, 0.6) is 5.75 Å². The number of nitrogens with one attached hydrogen (secondary N) is 1. The topological polar surface area (TPSA) is 93.8 Å². The molecule has 3 rings (SSSR count). The van der Waals surface area contributed by atoms with E-state index in [2.05, 4.69) is 10.5 Å². The molecule has 7 nitrogen and oxygen atoms in total. The van der Waals surface area contributed by atoms with Gasteiger partial charge in [-0.15, -0.1) is 0 Å². The number of aryl methyl sites for hydroxylation is 1. The molecule has 0 heterocycles. The van der Waals surface area contributed by atoms with Crippen molar-refractivity contribution in [3.63, 3.8) is 0 Å². The van der Waals surface area contributed by atoms with Crippen molar-refractivity contribution in [1.29, 1.82) is 0 Å². The number of ether oxygens (including phenoxy) is 1. The van der Waals surface area contributed by atoms with Crippen LogP contribution < -0.4 is 10.2 Å². The van der Waals surface area contributed by atoms with E-state index in [4.69, 9.17) is 4.74 Å². The average molecular weight is 389 g/mol. The number of hydrogen-bond donors (Lipinski definition) is 1. The molecule has 1 amide bonds. The minimum Gasteiger partial charge on any atom is -0.489 e. The van der Waals surface area contributed by atoms with Crippen LogP contribution >= 0.6 is 0 Å². The van der Waals surface area contributed by atoms with E-state index in [-0.39, 0.29) is 5.69 Å². The fraction of sp³-hybridized carbons (Fsp3) is 0.0909. The van der Waals surface area contributed by atoms with Crippen LogP contribution in [0.25, 0.3) is 0 Å². The van der Waals surface area contributed by atoms with Crippen LogP contribution in [0, 0.1) is 17.0 Å². The third-order valence-corrected chi connectivity index (χ3v) is 4.14. The summed E-state index contributed by atoms with van der Waals surface area (Å²) in [5, 5.41) is 14.8. The zero-order chi connectivity index (χ0) is 20.6. The first-order chi connectivity index (χ1) is 14.0. The molecule has 0 spiro atoms. The summed E-state index contributed by atoms with van der Waals surface area (Å²) in [6, 6.07) is 21.3. The number of amides is 1. The number of nitro groups is 1. The van der Waals surface area contributed by atoms with Crippen LogP contribution in [0.15, 0.2) is 77.9 Å². The van der Waals surface area contributed by atoms with Gasteiger partial charge in [0, 0.05) is 17.2 Å². The highest BCUT2D eigenvalue weighted by Gasteiger charge is 2.13. The molecular formula is C22H19N3O4. The molecule has 3 aromatic rings. The van der Waals surface area contributed by atoms with E-state index in [0.717, 1.165) is 11.1 Å². The molecule has 0 bridgehead atoms. The summed E-state index contributed by atoms with van der Waals surface area (Å²) in [7, 11) is 0. The molecule has 0 aliphatic heterocycles. The normalized spacial score (nSPS) is 10.7. The predicted molar refractivity (Wildman–Crippen MR) is 110 cm³/mol. The second-order valence-corrected chi connectivity index (χ2v) is 6.30.